The quantitative estimate of drug-likeness (QED) is 0.698. The fourth-order valence-electron chi connectivity index (χ4n) is 3.18. The van der Waals surface area contributed by atoms with Gasteiger partial charge in [-0.3, -0.25) is 14.5 Å². The van der Waals surface area contributed by atoms with Crippen LogP contribution < -0.4 is 15.0 Å². The molecule has 6 nitrogen and oxygen atoms in total. The van der Waals surface area contributed by atoms with Crippen LogP contribution in [0.4, 0.5) is 10.8 Å². The number of aromatic nitrogens is 1. The Bertz CT molecular complexity index is 1050. The number of nitrogens with one attached hydrogen (secondary N) is 1. The van der Waals surface area contributed by atoms with Gasteiger partial charge in [-0.1, -0.05) is 42.0 Å². The maximum Gasteiger partial charge on any atom is 0.268 e. The Morgan fingerprint density at radius 2 is 1.97 bits per heavy atom. The van der Waals surface area contributed by atoms with Crippen molar-refractivity contribution < 1.29 is 14.3 Å². The van der Waals surface area contributed by atoms with Gasteiger partial charge in [0.2, 0.25) is 5.91 Å². The number of ether oxygens (including phenoxy) is 1. The summed E-state index contributed by atoms with van der Waals surface area (Å²) in [6.07, 6.45) is 1.91. The number of carbonyl (C=O) groups is 2. The fourth-order valence-corrected chi connectivity index (χ4v) is 4.04. The van der Waals surface area contributed by atoms with E-state index in [1.54, 1.807) is 25.3 Å². The summed E-state index contributed by atoms with van der Waals surface area (Å²) in [4.78, 5) is 31.9. The number of fused-ring (bicyclic) bond motifs is 1. The molecule has 148 valence electrons. The third-order valence-corrected chi connectivity index (χ3v) is 5.59. The molecule has 3 aromatic rings. The zero-order valence-electron chi connectivity index (χ0n) is 16.2. The van der Waals surface area contributed by atoms with E-state index < -0.39 is 6.10 Å². The van der Waals surface area contributed by atoms with Crippen molar-refractivity contribution in [2.75, 3.05) is 16.8 Å². The molecule has 4 rings (SSSR count). The van der Waals surface area contributed by atoms with Gasteiger partial charge in [0.05, 0.1) is 5.69 Å². The van der Waals surface area contributed by atoms with Crippen LogP contribution in [0.2, 0.25) is 0 Å². The normalized spacial score (nSPS) is 15.6. The van der Waals surface area contributed by atoms with Crippen molar-refractivity contribution in [3.8, 4) is 5.75 Å². The standard InChI is InChI=1S/C22H21N3O3S/c1-14-7-9-16(10-8-14)11-17-12-23-22(29-17)24-20(26)13-25-18-5-3-4-6-19(18)28-15(2)21(25)27/h3-10,12,15H,11,13H2,1-2H3,(H,23,24,26). The Kier molecular flexibility index (Phi) is 5.31. The number of rotatable bonds is 5. The summed E-state index contributed by atoms with van der Waals surface area (Å²) in [6.45, 7) is 3.65. The lowest BCUT2D eigenvalue weighted by Gasteiger charge is -2.32. The molecule has 0 spiro atoms. The van der Waals surface area contributed by atoms with Crippen LogP contribution in [0, 0.1) is 6.92 Å². The number of hydrogen-bond acceptors (Lipinski definition) is 5. The zero-order chi connectivity index (χ0) is 20.4. The highest BCUT2D eigenvalue weighted by atomic mass is 32.1. The number of benzene rings is 2. The fraction of sp³-hybridized carbons (Fsp3) is 0.227. The van der Waals surface area contributed by atoms with Gasteiger partial charge >= 0.3 is 0 Å². The van der Waals surface area contributed by atoms with Gasteiger partial charge in [-0.2, -0.15) is 0 Å². The molecule has 29 heavy (non-hydrogen) atoms. The van der Waals surface area contributed by atoms with Crippen molar-refractivity contribution in [3.05, 3.63) is 70.7 Å². The van der Waals surface area contributed by atoms with E-state index in [0.29, 0.717) is 16.6 Å². The summed E-state index contributed by atoms with van der Waals surface area (Å²) in [5.41, 5.74) is 3.02. The Balaban J connectivity index is 1.42. The molecule has 2 heterocycles. The van der Waals surface area contributed by atoms with E-state index in [-0.39, 0.29) is 18.4 Å². The minimum Gasteiger partial charge on any atom is -0.479 e. The van der Waals surface area contributed by atoms with Crippen molar-refractivity contribution in [3.63, 3.8) is 0 Å². The lowest BCUT2D eigenvalue weighted by Crippen LogP contribution is -2.47. The van der Waals surface area contributed by atoms with Crippen LogP contribution in [0.3, 0.4) is 0 Å². The third kappa shape index (κ3) is 4.30. The molecule has 7 heteroatoms. The van der Waals surface area contributed by atoms with Crippen LogP contribution in [0.15, 0.2) is 54.7 Å². The van der Waals surface area contributed by atoms with Gasteiger partial charge in [0.25, 0.3) is 5.91 Å². The molecule has 1 aliphatic rings. The molecule has 0 radical (unpaired) electrons. The molecule has 1 aliphatic heterocycles. The van der Waals surface area contributed by atoms with Crippen molar-refractivity contribution in [1.29, 1.82) is 0 Å². The summed E-state index contributed by atoms with van der Waals surface area (Å²) in [7, 11) is 0. The first-order chi connectivity index (χ1) is 14.0. The van der Waals surface area contributed by atoms with Gasteiger partial charge in [-0.05, 0) is 31.5 Å². The molecule has 1 aromatic heterocycles. The smallest absolute Gasteiger partial charge is 0.268 e. The Morgan fingerprint density at radius 3 is 2.76 bits per heavy atom. The molecule has 1 unspecified atom stereocenters. The Morgan fingerprint density at radius 1 is 1.21 bits per heavy atom. The highest BCUT2D eigenvalue weighted by Gasteiger charge is 2.32. The van der Waals surface area contributed by atoms with Gasteiger partial charge in [0.15, 0.2) is 11.2 Å². The SMILES string of the molecule is Cc1ccc(Cc2cnc(NC(=O)CN3C(=O)C(C)Oc4ccccc43)s2)cc1. The molecule has 0 fully saturated rings. The number of hydrogen-bond donors (Lipinski definition) is 1. The molecular formula is C22H21N3O3S. The van der Waals surface area contributed by atoms with Gasteiger partial charge in [-0.25, -0.2) is 4.98 Å². The third-order valence-electron chi connectivity index (χ3n) is 4.67. The average molecular weight is 407 g/mol. The number of carbonyl (C=O) groups excluding carboxylic acids is 2. The molecule has 0 aliphatic carbocycles. The van der Waals surface area contributed by atoms with Gasteiger partial charge in [-0.15, -0.1) is 11.3 Å². The number of nitrogens with zero attached hydrogens (tertiary/aromatic N) is 2. The molecule has 2 aromatic carbocycles. The lowest BCUT2D eigenvalue weighted by atomic mass is 10.1. The summed E-state index contributed by atoms with van der Waals surface area (Å²) < 4.78 is 5.61. The highest BCUT2D eigenvalue weighted by Crippen LogP contribution is 2.33. The van der Waals surface area contributed by atoms with E-state index in [0.717, 1.165) is 11.3 Å². The van der Waals surface area contributed by atoms with E-state index in [2.05, 4.69) is 41.5 Å². The molecular weight excluding hydrogens is 386 g/mol. The van der Waals surface area contributed by atoms with E-state index in [9.17, 15) is 9.59 Å². The summed E-state index contributed by atoms with van der Waals surface area (Å²) in [5, 5.41) is 3.33. The van der Waals surface area contributed by atoms with Crippen LogP contribution in [0.5, 0.6) is 5.75 Å². The maximum atomic E-state index is 12.6. The summed E-state index contributed by atoms with van der Waals surface area (Å²) in [6, 6.07) is 15.6. The number of aryl methyl sites for hydroxylation is 1. The van der Waals surface area contributed by atoms with Crippen molar-refractivity contribution in [1.82, 2.24) is 4.98 Å². The predicted molar refractivity (Wildman–Crippen MR) is 114 cm³/mol. The van der Waals surface area contributed by atoms with Crippen molar-refractivity contribution >= 4 is 34.0 Å². The highest BCUT2D eigenvalue weighted by molar-refractivity contribution is 7.15. The number of amides is 2. The van der Waals surface area contributed by atoms with E-state index in [1.165, 1.54) is 27.4 Å². The first-order valence-electron chi connectivity index (χ1n) is 9.37. The van der Waals surface area contributed by atoms with Gasteiger partial charge < -0.3 is 10.1 Å². The zero-order valence-corrected chi connectivity index (χ0v) is 17.0. The number of thiazole rings is 1. The second kappa shape index (κ2) is 8.05. The molecule has 0 saturated heterocycles. The Hall–Kier alpha value is -3.19. The summed E-state index contributed by atoms with van der Waals surface area (Å²) in [5.74, 6) is 0.0681. The van der Waals surface area contributed by atoms with Crippen molar-refractivity contribution in [2.24, 2.45) is 0 Å². The molecule has 1 atom stereocenters. The number of anilines is 2. The topological polar surface area (TPSA) is 71.5 Å². The van der Waals surface area contributed by atoms with Crippen LogP contribution in [-0.2, 0) is 16.0 Å². The Labute approximate surface area is 173 Å². The van der Waals surface area contributed by atoms with Gasteiger partial charge in [0, 0.05) is 17.5 Å². The van der Waals surface area contributed by atoms with Crippen LogP contribution >= 0.6 is 11.3 Å². The first-order valence-corrected chi connectivity index (χ1v) is 10.2. The maximum absolute atomic E-state index is 12.6. The average Bonchev–Trinajstić information content (AvgIpc) is 3.14. The van der Waals surface area contributed by atoms with Crippen LogP contribution in [-0.4, -0.2) is 29.4 Å². The molecule has 1 N–H and O–H groups in total. The predicted octanol–water partition coefficient (Wildman–Crippen LogP) is 3.79. The van der Waals surface area contributed by atoms with Crippen molar-refractivity contribution in [2.45, 2.75) is 26.4 Å². The second-order valence-corrected chi connectivity index (χ2v) is 8.11. The molecule has 0 saturated carbocycles. The molecule has 2 amide bonds. The minimum atomic E-state index is -0.626. The van der Waals surface area contributed by atoms with E-state index >= 15 is 0 Å². The van der Waals surface area contributed by atoms with Crippen LogP contribution in [0.1, 0.15) is 22.9 Å². The largest absolute Gasteiger partial charge is 0.479 e. The van der Waals surface area contributed by atoms with Gasteiger partial charge in [0.1, 0.15) is 12.3 Å². The van der Waals surface area contributed by atoms with E-state index in [4.69, 9.17) is 4.74 Å². The number of para-hydroxylation sites is 2. The minimum absolute atomic E-state index is 0.0869. The van der Waals surface area contributed by atoms with E-state index in [1.807, 2.05) is 12.1 Å². The summed E-state index contributed by atoms with van der Waals surface area (Å²) >= 11 is 1.44. The lowest BCUT2D eigenvalue weighted by molar-refractivity contribution is -0.127. The molecule has 0 bridgehead atoms. The van der Waals surface area contributed by atoms with Crippen LogP contribution in [0.25, 0.3) is 0 Å². The second-order valence-electron chi connectivity index (χ2n) is 6.99. The first kappa shape index (κ1) is 19.1. The monoisotopic (exact) mass is 407 g/mol.